The van der Waals surface area contributed by atoms with Gasteiger partial charge in [-0.05, 0) is 56.0 Å². The molecule has 0 aromatic heterocycles. The van der Waals surface area contributed by atoms with Crippen molar-refractivity contribution in [1.29, 1.82) is 0 Å². The van der Waals surface area contributed by atoms with Crippen LogP contribution in [0.4, 0.5) is 0 Å². The highest BCUT2D eigenvalue weighted by Crippen LogP contribution is 2.28. The molecule has 84 valence electrons. The molecule has 3 N–H and O–H groups in total. The molecule has 1 aromatic carbocycles. The summed E-state index contributed by atoms with van der Waals surface area (Å²) in [7, 11) is 1.63. The molecule has 1 aromatic rings. The van der Waals surface area contributed by atoms with Gasteiger partial charge in [-0.15, -0.1) is 0 Å². The van der Waals surface area contributed by atoms with Gasteiger partial charge in [0.25, 0.3) is 0 Å². The van der Waals surface area contributed by atoms with E-state index in [2.05, 4.69) is 0 Å². The van der Waals surface area contributed by atoms with Crippen LogP contribution in [0.5, 0.6) is 11.5 Å². The van der Waals surface area contributed by atoms with Gasteiger partial charge in [0.15, 0.2) is 0 Å². The number of aromatic hydroxyl groups is 1. The molecular weight excluding hydrogens is 190 g/mol. The Morgan fingerprint density at radius 3 is 2.67 bits per heavy atom. The number of phenols is 1. The molecule has 0 amide bonds. The number of unbranched alkanes of at least 4 members (excludes halogenated alkanes) is 1. The van der Waals surface area contributed by atoms with E-state index in [0.29, 0.717) is 12.3 Å². The third kappa shape index (κ3) is 3.13. The van der Waals surface area contributed by atoms with Crippen molar-refractivity contribution in [3.8, 4) is 11.5 Å². The van der Waals surface area contributed by atoms with E-state index in [0.717, 1.165) is 36.1 Å². The quantitative estimate of drug-likeness (QED) is 0.729. The minimum atomic E-state index is 0.382. The molecule has 0 unspecified atom stereocenters. The second-order valence-corrected chi connectivity index (χ2v) is 3.70. The van der Waals surface area contributed by atoms with Crippen molar-refractivity contribution < 1.29 is 9.84 Å². The van der Waals surface area contributed by atoms with E-state index in [1.807, 2.05) is 19.1 Å². The van der Waals surface area contributed by atoms with Crippen LogP contribution in [0.15, 0.2) is 12.1 Å². The molecule has 0 saturated heterocycles. The van der Waals surface area contributed by atoms with Crippen LogP contribution in [0.1, 0.15) is 24.0 Å². The van der Waals surface area contributed by atoms with Crippen LogP contribution in [0.2, 0.25) is 0 Å². The highest BCUT2D eigenvalue weighted by atomic mass is 16.5. The van der Waals surface area contributed by atoms with Gasteiger partial charge in [-0.3, -0.25) is 0 Å². The SMILES string of the molecule is COc1cc(C)c(O)c(CCCCN)c1. The highest BCUT2D eigenvalue weighted by Gasteiger charge is 2.06. The first-order valence-corrected chi connectivity index (χ1v) is 5.25. The molecule has 0 bridgehead atoms. The first kappa shape index (κ1) is 11.9. The van der Waals surface area contributed by atoms with E-state index >= 15 is 0 Å². The number of benzene rings is 1. The molecule has 0 heterocycles. The first-order valence-electron chi connectivity index (χ1n) is 5.25. The van der Waals surface area contributed by atoms with Crippen molar-refractivity contribution in [2.45, 2.75) is 26.2 Å². The second-order valence-electron chi connectivity index (χ2n) is 3.70. The van der Waals surface area contributed by atoms with Gasteiger partial charge in [-0.25, -0.2) is 0 Å². The van der Waals surface area contributed by atoms with Crippen LogP contribution >= 0.6 is 0 Å². The van der Waals surface area contributed by atoms with Crippen molar-refractivity contribution >= 4 is 0 Å². The largest absolute Gasteiger partial charge is 0.507 e. The molecule has 3 heteroatoms. The highest BCUT2D eigenvalue weighted by molar-refractivity contribution is 5.45. The van der Waals surface area contributed by atoms with E-state index in [9.17, 15) is 5.11 Å². The number of nitrogens with two attached hydrogens (primary N) is 1. The summed E-state index contributed by atoms with van der Waals surface area (Å²) in [5.74, 6) is 1.18. The Morgan fingerprint density at radius 1 is 1.33 bits per heavy atom. The Hall–Kier alpha value is -1.22. The summed E-state index contributed by atoms with van der Waals surface area (Å²) in [6.07, 6.45) is 2.83. The molecule has 0 aliphatic carbocycles. The van der Waals surface area contributed by atoms with Crippen LogP contribution < -0.4 is 10.5 Å². The number of hydrogen-bond acceptors (Lipinski definition) is 3. The average molecular weight is 209 g/mol. The molecule has 0 saturated carbocycles. The molecule has 0 aliphatic rings. The van der Waals surface area contributed by atoms with E-state index in [1.165, 1.54) is 0 Å². The normalized spacial score (nSPS) is 10.3. The van der Waals surface area contributed by atoms with Crippen molar-refractivity contribution in [3.63, 3.8) is 0 Å². The van der Waals surface area contributed by atoms with E-state index in [1.54, 1.807) is 7.11 Å². The summed E-state index contributed by atoms with van der Waals surface area (Å²) < 4.78 is 5.16. The van der Waals surface area contributed by atoms with Gasteiger partial charge in [-0.1, -0.05) is 0 Å². The van der Waals surface area contributed by atoms with Gasteiger partial charge in [0.1, 0.15) is 11.5 Å². The van der Waals surface area contributed by atoms with Gasteiger partial charge >= 0.3 is 0 Å². The van der Waals surface area contributed by atoms with Crippen LogP contribution in [-0.2, 0) is 6.42 Å². The molecule has 15 heavy (non-hydrogen) atoms. The Bertz CT molecular complexity index is 324. The fourth-order valence-electron chi connectivity index (χ4n) is 1.58. The van der Waals surface area contributed by atoms with Gasteiger partial charge < -0.3 is 15.6 Å². The zero-order valence-corrected chi connectivity index (χ0v) is 9.42. The number of aryl methyl sites for hydroxylation is 2. The van der Waals surface area contributed by atoms with Crippen molar-refractivity contribution in [1.82, 2.24) is 0 Å². The maximum atomic E-state index is 9.83. The average Bonchev–Trinajstić information content (AvgIpc) is 2.24. The summed E-state index contributed by atoms with van der Waals surface area (Å²) in [5.41, 5.74) is 7.23. The maximum absolute atomic E-state index is 9.83. The monoisotopic (exact) mass is 209 g/mol. The minimum absolute atomic E-state index is 0.382. The summed E-state index contributed by atoms with van der Waals surface area (Å²) in [6.45, 7) is 2.58. The lowest BCUT2D eigenvalue weighted by Crippen LogP contribution is -1.99. The summed E-state index contributed by atoms with van der Waals surface area (Å²) in [4.78, 5) is 0. The lowest BCUT2D eigenvalue weighted by Gasteiger charge is -2.09. The van der Waals surface area contributed by atoms with E-state index in [-0.39, 0.29) is 0 Å². The van der Waals surface area contributed by atoms with Crippen molar-refractivity contribution in [2.24, 2.45) is 5.73 Å². The zero-order valence-electron chi connectivity index (χ0n) is 9.42. The Balaban J connectivity index is 2.80. The van der Waals surface area contributed by atoms with E-state index < -0.39 is 0 Å². The summed E-state index contributed by atoms with van der Waals surface area (Å²) >= 11 is 0. The fourth-order valence-corrected chi connectivity index (χ4v) is 1.58. The Labute approximate surface area is 90.9 Å². The number of hydrogen-bond donors (Lipinski definition) is 2. The third-order valence-corrected chi connectivity index (χ3v) is 2.49. The topological polar surface area (TPSA) is 55.5 Å². The molecule has 0 spiro atoms. The van der Waals surface area contributed by atoms with E-state index in [4.69, 9.17) is 10.5 Å². The molecule has 0 atom stereocenters. The standard InChI is InChI=1S/C12H19NO2/c1-9-7-11(15-2)8-10(12(9)14)5-3-4-6-13/h7-8,14H,3-6,13H2,1-2H3. The lowest BCUT2D eigenvalue weighted by atomic mass is 10.0. The molecule has 0 aliphatic heterocycles. The van der Waals surface area contributed by atoms with Crippen LogP contribution in [0.25, 0.3) is 0 Å². The molecule has 0 fully saturated rings. The summed E-state index contributed by atoms with van der Waals surface area (Å²) in [6, 6.07) is 3.72. The number of phenolic OH excluding ortho intramolecular Hbond substituents is 1. The molecular formula is C12H19NO2. The second kappa shape index (κ2) is 5.61. The molecule has 3 nitrogen and oxygen atoms in total. The number of rotatable bonds is 5. The van der Waals surface area contributed by atoms with Gasteiger partial charge in [-0.2, -0.15) is 0 Å². The Morgan fingerprint density at radius 2 is 2.07 bits per heavy atom. The predicted octanol–water partition coefficient (Wildman–Crippen LogP) is 1.99. The van der Waals surface area contributed by atoms with Gasteiger partial charge in [0, 0.05) is 0 Å². The van der Waals surface area contributed by atoms with Crippen LogP contribution in [-0.4, -0.2) is 18.8 Å². The zero-order chi connectivity index (χ0) is 11.3. The number of ether oxygens (including phenoxy) is 1. The van der Waals surface area contributed by atoms with Crippen molar-refractivity contribution in [2.75, 3.05) is 13.7 Å². The lowest BCUT2D eigenvalue weighted by molar-refractivity contribution is 0.409. The van der Waals surface area contributed by atoms with Crippen molar-refractivity contribution in [3.05, 3.63) is 23.3 Å². The van der Waals surface area contributed by atoms with Crippen LogP contribution in [0, 0.1) is 6.92 Å². The maximum Gasteiger partial charge on any atom is 0.121 e. The molecule has 0 radical (unpaired) electrons. The summed E-state index contributed by atoms with van der Waals surface area (Å²) in [5, 5.41) is 9.83. The first-order chi connectivity index (χ1) is 7.19. The predicted molar refractivity (Wildman–Crippen MR) is 61.4 cm³/mol. The number of methoxy groups -OCH3 is 1. The van der Waals surface area contributed by atoms with Gasteiger partial charge in [0.05, 0.1) is 7.11 Å². The Kier molecular flexibility index (Phi) is 4.43. The smallest absolute Gasteiger partial charge is 0.121 e. The molecule has 1 rings (SSSR count). The third-order valence-electron chi connectivity index (χ3n) is 2.49. The van der Waals surface area contributed by atoms with Gasteiger partial charge in [0.2, 0.25) is 0 Å². The van der Waals surface area contributed by atoms with Crippen LogP contribution in [0.3, 0.4) is 0 Å². The fraction of sp³-hybridized carbons (Fsp3) is 0.500. The minimum Gasteiger partial charge on any atom is -0.507 e.